The number of para-hydroxylation sites is 1. The normalized spacial score (nSPS) is 11.1. The Kier molecular flexibility index (Phi) is 5.14. The summed E-state index contributed by atoms with van der Waals surface area (Å²) in [6.07, 6.45) is 0.579. The molecule has 0 saturated heterocycles. The summed E-state index contributed by atoms with van der Waals surface area (Å²) in [4.78, 5) is 12.1. The summed E-state index contributed by atoms with van der Waals surface area (Å²) in [5.41, 5.74) is 4.18. The summed E-state index contributed by atoms with van der Waals surface area (Å²) in [7, 11) is 1.54. The van der Waals surface area contributed by atoms with Gasteiger partial charge in [0.15, 0.2) is 0 Å². The number of phenols is 1. The molecule has 5 heteroatoms. The molecule has 0 heterocycles. The number of methoxy groups -OCH3 is 1. The Morgan fingerprint density at radius 3 is 2.68 bits per heavy atom. The van der Waals surface area contributed by atoms with Crippen LogP contribution < -0.4 is 10.2 Å². The highest BCUT2D eigenvalue weighted by atomic mass is 16.5. The van der Waals surface area contributed by atoms with E-state index in [-0.39, 0.29) is 11.7 Å². The second kappa shape index (κ2) is 7.26. The zero-order chi connectivity index (χ0) is 15.9. The molecule has 0 aromatic heterocycles. The molecule has 0 aliphatic rings. The van der Waals surface area contributed by atoms with Gasteiger partial charge in [0.25, 0.3) is 5.91 Å². The summed E-state index contributed by atoms with van der Waals surface area (Å²) in [5.74, 6) is 0.409. The zero-order valence-electron chi connectivity index (χ0n) is 12.5. The Balaban J connectivity index is 2.18. The van der Waals surface area contributed by atoms with E-state index in [1.807, 2.05) is 13.0 Å². The van der Waals surface area contributed by atoms with Crippen LogP contribution in [0.4, 0.5) is 0 Å². The lowest BCUT2D eigenvalue weighted by Crippen LogP contribution is -2.20. The molecule has 0 atom stereocenters. The van der Waals surface area contributed by atoms with Crippen LogP contribution >= 0.6 is 0 Å². The molecule has 0 radical (unpaired) electrons. The average molecular weight is 298 g/mol. The third-order valence-corrected chi connectivity index (χ3v) is 3.17. The number of benzene rings is 2. The van der Waals surface area contributed by atoms with Crippen molar-refractivity contribution in [1.82, 2.24) is 5.43 Å². The van der Waals surface area contributed by atoms with Gasteiger partial charge < -0.3 is 9.84 Å². The number of phenolic OH excluding ortho intramolecular Hbond substituents is 1. The molecule has 5 nitrogen and oxygen atoms in total. The van der Waals surface area contributed by atoms with Gasteiger partial charge in [-0.05, 0) is 36.8 Å². The van der Waals surface area contributed by atoms with E-state index in [1.165, 1.54) is 0 Å². The molecule has 2 aromatic carbocycles. The van der Waals surface area contributed by atoms with Crippen molar-refractivity contribution in [3.63, 3.8) is 0 Å². The predicted molar refractivity (Wildman–Crippen MR) is 85.4 cm³/mol. The molecule has 0 aliphatic carbocycles. The van der Waals surface area contributed by atoms with Gasteiger partial charge in [0.05, 0.1) is 12.8 Å². The number of aromatic hydroxyl groups is 1. The van der Waals surface area contributed by atoms with Gasteiger partial charge in [-0.2, -0.15) is 5.10 Å². The number of carbonyl (C=O) groups excluding carboxylic acids is 1. The number of hydrogen-bond donors (Lipinski definition) is 2. The Hall–Kier alpha value is -2.82. The van der Waals surface area contributed by atoms with Crippen molar-refractivity contribution in [3.8, 4) is 11.5 Å². The largest absolute Gasteiger partial charge is 0.507 e. The number of nitrogens with zero attached hydrogens (tertiary/aromatic N) is 1. The van der Waals surface area contributed by atoms with Crippen molar-refractivity contribution in [2.24, 2.45) is 5.10 Å². The minimum atomic E-state index is -0.333. The van der Waals surface area contributed by atoms with Gasteiger partial charge in [0.2, 0.25) is 0 Å². The molecule has 2 rings (SSSR count). The maximum atomic E-state index is 12.1. The molecule has 0 unspecified atom stereocenters. The fraction of sp³-hybridized carbons (Fsp3) is 0.176. The molecule has 2 N–H and O–H groups in total. The van der Waals surface area contributed by atoms with Crippen molar-refractivity contribution < 1.29 is 14.6 Å². The molecular formula is C17H18N2O3. The molecule has 0 aliphatic heterocycles. The molecule has 22 heavy (non-hydrogen) atoms. The highest BCUT2D eigenvalue weighted by Gasteiger charge is 2.09. The van der Waals surface area contributed by atoms with Crippen LogP contribution in [0.2, 0.25) is 0 Å². The number of rotatable bonds is 5. The van der Waals surface area contributed by atoms with Crippen molar-refractivity contribution in [3.05, 3.63) is 59.7 Å². The van der Waals surface area contributed by atoms with Crippen LogP contribution in [0.1, 0.15) is 29.3 Å². The van der Waals surface area contributed by atoms with E-state index in [4.69, 9.17) is 4.74 Å². The Labute approximate surface area is 129 Å². The summed E-state index contributed by atoms with van der Waals surface area (Å²) < 4.78 is 5.09. The predicted octanol–water partition coefficient (Wildman–Crippen LogP) is 2.94. The Morgan fingerprint density at radius 2 is 2.00 bits per heavy atom. The average Bonchev–Trinajstić information content (AvgIpc) is 2.56. The first-order chi connectivity index (χ1) is 10.7. The van der Waals surface area contributed by atoms with Crippen molar-refractivity contribution in [2.75, 3.05) is 7.11 Å². The van der Waals surface area contributed by atoms with Crippen LogP contribution in [-0.2, 0) is 0 Å². The smallest absolute Gasteiger partial charge is 0.271 e. The number of hydrogen-bond acceptors (Lipinski definition) is 4. The highest BCUT2D eigenvalue weighted by Crippen LogP contribution is 2.18. The van der Waals surface area contributed by atoms with E-state index >= 15 is 0 Å². The van der Waals surface area contributed by atoms with Crippen LogP contribution in [0.25, 0.3) is 0 Å². The monoisotopic (exact) mass is 298 g/mol. The first-order valence-electron chi connectivity index (χ1n) is 6.95. The molecule has 0 saturated carbocycles. The number of carbonyl (C=O) groups is 1. The molecule has 0 bridgehead atoms. The van der Waals surface area contributed by atoms with Gasteiger partial charge in [0, 0.05) is 11.1 Å². The maximum Gasteiger partial charge on any atom is 0.271 e. The molecule has 1 amide bonds. The maximum absolute atomic E-state index is 12.1. The summed E-state index contributed by atoms with van der Waals surface area (Å²) >= 11 is 0. The van der Waals surface area contributed by atoms with Crippen molar-refractivity contribution >= 4 is 11.6 Å². The lowest BCUT2D eigenvalue weighted by Gasteiger charge is -2.07. The van der Waals surface area contributed by atoms with E-state index < -0.39 is 0 Å². The third kappa shape index (κ3) is 3.63. The van der Waals surface area contributed by atoms with E-state index in [0.717, 1.165) is 0 Å². The quantitative estimate of drug-likeness (QED) is 0.658. The summed E-state index contributed by atoms with van der Waals surface area (Å²) in [6, 6.07) is 13.7. The standard InChI is InChI=1S/C17H18N2O3/c1-3-15(14-9-4-5-10-16(14)20)18-19-17(21)12-7-6-8-13(11-12)22-2/h4-11,20H,3H2,1-2H3,(H,19,21). The molecule has 0 fully saturated rings. The Bertz CT molecular complexity index is 696. The minimum absolute atomic E-state index is 0.138. The molecule has 0 spiro atoms. The van der Waals surface area contributed by atoms with Crippen LogP contribution in [0.15, 0.2) is 53.6 Å². The van der Waals surface area contributed by atoms with Gasteiger partial charge in [-0.1, -0.05) is 25.1 Å². The van der Waals surface area contributed by atoms with E-state index in [0.29, 0.717) is 29.0 Å². The highest BCUT2D eigenvalue weighted by molar-refractivity contribution is 6.04. The van der Waals surface area contributed by atoms with Crippen LogP contribution in [0.3, 0.4) is 0 Å². The van der Waals surface area contributed by atoms with Gasteiger partial charge in [-0.3, -0.25) is 4.79 Å². The second-order valence-electron chi connectivity index (χ2n) is 4.60. The summed E-state index contributed by atoms with van der Waals surface area (Å²) in [5, 5.41) is 14.0. The van der Waals surface area contributed by atoms with Crippen LogP contribution in [-0.4, -0.2) is 23.8 Å². The number of ether oxygens (including phenoxy) is 1. The first-order valence-corrected chi connectivity index (χ1v) is 6.95. The van der Waals surface area contributed by atoms with Gasteiger partial charge >= 0.3 is 0 Å². The number of nitrogens with one attached hydrogen (secondary N) is 1. The SMILES string of the molecule is CCC(=NNC(=O)c1cccc(OC)c1)c1ccccc1O. The molecular weight excluding hydrogens is 280 g/mol. The van der Waals surface area contributed by atoms with Crippen molar-refractivity contribution in [1.29, 1.82) is 0 Å². The zero-order valence-corrected chi connectivity index (χ0v) is 12.5. The lowest BCUT2D eigenvalue weighted by atomic mass is 10.1. The fourth-order valence-corrected chi connectivity index (χ4v) is 1.99. The lowest BCUT2D eigenvalue weighted by molar-refractivity contribution is 0.0954. The van der Waals surface area contributed by atoms with E-state index in [1.54, 1.807) is 49.6 Å². The van der Waals surface area contributed by atoms with E-state index in [2.05, 4.69) is 10.5 Å². The molecule has 114 valence electrons. The van der Waals surface area contributed by atoms with Crippen LogP contribution in [0, 0.1) is 0 Å². The van der Waals surface area contributed by atoms with Gasteiger partial charge in [-0.15, -0.1) is 0 Å². The third-order valence-electron chi connectivity index (χ3n) is 3.17. The molecule has 2 aromatic rings. The van der Waals surface area contributed by atoms with Crippen LogP contribution in [0.5, 0.6) is 11.5 Å². The number of hydrazone groups is 1. The fourth-order valence-electron chi connectivity index (χ4n) is 1.99. The number of amides is 1. The second-order valence-corrected chi connectivity index (χ2v) is 4.60. The minimum Gasteiger partial charge on any atom is -0.507 e. The summed E-state index contributed by atoms with van der Waals surface area (Å²) in [6.45, 7) is 1.91. The van der Waals surface area contributed by atoms with Gasteiger partial charge in [-0.25, -0.2) is 5.43 Å². The van der Waals surface area contributed by atoms with Gasteiger partial charge in [0.1, 0.15) is 11.5 Å². The topological polar surface area (TPSA) is 70.9 Å². The van der Waals surface area contributed by atoms with E-state index in [9.17, 15) is 9.90 Å². The Morgan fingerprint density at radius 1 is 1.23 bits per heavy atom. The first kappa shape index (κ1) is 15.6. The van der Waals surface area contributed by atoms with Crippen molar-refractivity contribution in [2.45, 2.75) is 13.3 Å².